The Kier molecular flexibility index (Phi) is 4.10. The molecular weight excluding hydrogens is 322 g/mol. The van der Waals surface area contributed by atoms with Crippen LogP contribution < -0.4 is 0 Å². The SMILES string of the molecule is CCc1ccc(-c2noc(CSc3nnc(C4CC4)n3C)n2)cc1. The van der Waals surface area contributed by atoms with Gasteiger partial charge in [-0.15, -0.1) is 10.2 Å². The highest BCUT2D eigenvalue weighted by atomic mass is 32.2. The van der Waals surface area contributed by atoms with Gasteiger partial charge in [0.1, 0.15) is 5.82 Å². The Bertz CT molecular complexity index is 835. The zero-order valence-electron chi connectivity index (χ0n) is 13.8. The number of hydrogen-bond donors (Lipinski definition) is 0. The highest BCUT2D eigenvalue weighted by Crippen LogP contribution is 2.39. The molecule has 0 aliphatic heterocycles. The van der Waals surface area contributed by atoms with Crippen molar-refractivity contribution in [1.29, 1.82) is 0 Å². The first-order chi connectivity index (χ1) is 11.7. The van der Waals surface area contributed by atoms with E-state index < -0.39 is 0 Å². The topological polar surface area (TPSA) is 69.6 Å². The zero-order chi connectivity index (χ0) is 16.5. The van der Waals surface area contributed by atoms with Crippen molar-refractivity contribution in [3.63, 3.8) is 0 Å². The predicted molar refractivity (Wildman–Crippen MR) is 91.7 cm³/mol. The minimum Gasteiger partial charge on any atom is -0.338 e. The van der Waals surface area contributed by atoms with Crippen LogP contribution in [0.2, 0.25) is 0 Å². The smallest absolute Gasteiger partial charge is 0.237 e. The van der Waals surface area contributed by atoms with Crippen molar-refractivity contribution >= 4 is 11.8 Å². The third-order valence-electron chi connectivity index (χ3n) is 4.22. The third-order valence-corrected chi connectivity index (χ3v) is 5.23. The minimum atomic E-state index is 0.594. The van der Waals surface area contributed by atoms with Crippen molar-refractivity contribution in [2.75, 3.05) is 0 Å². The molecule has 1 aromatic carbocycles. The lowest BCUT2D eigenvalue weighted by Gasteiger charge is -2.00. The van der Waals surface area contributed by atoms with Gasteiger partial charge in [0.05, 0.1) is 5.75 Å². The Morgan fingerprint density at radius 2 is 2.00 bits per heavy atom. The highest BCUT2D eigenvalue weighted by molar-refractivity contribution is 7.98. The van der Waals surface area contributed by atoms with E-state index in [1.807, 2.05) is 19.2 Å². The Hall–Kier alpha value is -2.15. The number of aromatic nitrogens is 5. The van der Waals surface area contributed by atoms with Gasteiger partial charge in [0.15, 0.2) is 5.16 Å². The molecule has 0 N–H and O–H groups in total. The molecule has 2 heterocycles. The van der Waals surface area contributed by atoms with E-state index in [0.717, 1.165) is 23.0 Å². The monoisotopic (exact) mass is 341 g/mol. The lowest BCUT2D eigenvalue weighted by molar-refractivity contribution is 0.391. The molecular formula is C17H19N5OS. The van der Waals surface area contributed by atoms with E-state index in [2.05, 4.69) is 44.0 Å². The van der Waals surface area contributed by atoms with E-state index in [9.17, 15) is 0 Å². The normalized spacial score (nSPS) is 14.2. The molecule has 124 valence electrons. The average Bonchev–Trinajstić information content (AvgIpc) is 3.23. The second-order valence-corrected chi connectivity index (χ2v) is 6.97. The molecule has 0 spiro atoms. The summed E-state index contributed by atoms with van der Waals surface area (Å²) < 4.78 is 7.44. The summed E-state index contributed by atoms with van der Waals surface area (Å²) in [5, 5.41) is 13.5. The zero-order valence-corrected chi connectivity index (χ0v) is 14.6. The number of hydrogen-bond acceptors (Lipinski definition) is 6. The van der Waals surface area contributed by atoms with E-state index in [-0.39, 0.29) is 0 Å². The molecule has 0 bridgehead atoms. The van der Waals surface area contributed by atoms with E-state index >= 15 is 0 Å². The van der Waals surface area contributed by atoms with Gasteiger partial charge in [-0.25, -0.2) is 0 Å². The van der Waals surface area contributed by atoms with E-state index in [1.54, 1.807) is 11.8 Å². The van der Waals surface area contributed by atoms with Gasteiger partial charge < -0.3 is 9.09 Å². The second kappa shape index (κ2) is 6.39. The number of aryl methyl sites for hydroxylation is 1. The maximum atomic E-state index is 5.36. The number of rotatable bonds is 6. The van der Waals surface area contributed by atoms with Crippen molar-refractivity contribution in [2.24, 2.45) is 7.05 Å². The summed E-state index contributed by atoms with van der Waals surface area (Å²) in [5.74, 6) is 3.50. The van der Waals surface area contributed by atoms with E-state index in [4.69, 9.17) is 4.52 Å². The van der Waals surface area contributed by atoms with Crippen molar-refractivity contribution in [3.05, 3.63) is 41.5 Å². The van der Waals surface area contributed by atoms with Crippen LogP contribution in [0.5, 0.6) is 0 Å². The largest absolute Gasteiger partial charge is 0.338 e. The fourth-order valence-corrected chi connectivity index (χ4v) is 3.35. The summed E-state index contributed by atoms with van der Waals surface area (Å²) in [6.07, 6.45) is 3.47. The van der Waals surface area contributed by atoms with Crippen LogP contribution in [0, 0.1) is 0 Å². The van der Waals surface area contributed by atoms with Crippen LogP contribution in [0.1, 0.15) is 43.0 Å². The summed E-state index contributed by atoms with van der Waals surface area (Å²) in [4.78, 5) is 4.48. The van der Waals surface area contributed by atoms with Crippen LogP contribution in [-0.2, 0) is 19.2 Å². The van der Waals surface area contributed by atoms with E-state index in [1.165, 1.54) is 18.4 Å². The third kappa shape index (κ3) is 3.08. The number of nitrogens with zero attached hydrogens (tertiary/aromatic N) is 5. The molecule has 3 aromatic rings. The second-order valence-electron chi connectivity index (χ2n) is 6.02. The lowest BCUT2D eigenvalue weighted by Crippen LogP contribution is -1.97. The van der Waals surface area contributed by atoms with Crippen molar-refractivity contribution < 1.29 is 4.52 Å². The standard InChI is InChI=1S/C17H19N5OS/c1-3-11-4-6-12(7-5-11)15-18-14(23-21-15)10-24-17-20-19-16(22(17)2)13-8-9-13/h4-7,13H,3,8-10H2,1-2H3. The highest BCUT2D eigenvalue weighted by Gasteiger charge is 2.29. The first-order valence-corrected chi connectivity index (χ1v) is 9.17. The molecule has 0 saturated heterocycles. The molecule has 2 aromatic heterocycles. The van der Waals surface area contributed by atoms with Crippen LogP contribution in [0.3, 0.4) is 0 Å². The van der Waals surface area contributed by atoms with Crippen LogP contribution >= 0.6 is 11.8 Å². The van der Waals surface area contributed by atoms with Gasteiger partial charge in [-0.2, -0.15) is 4.98 Å². The Morgan fingerprint density at radius 3 is 2.71 bits per heavy atom. The van der Waals surface area contributed by atoms with Gasteiger partial charge in [-0.1, -0.05) is 48.1 Å². The number of benzene rings is 1. The van der Waals surface area contributed by atoms with Crippen LogP contribution in [0.25, 0.3) is 11.4 Å². The molecule has 1 saturated carbocycles. The molecule has 1 fully saturated rings. The maximum absolute atomic E-state index is 5.36. The fourth-order valence-electron chi connectivity index (χ4n) is 2.60. The lowest BCUT2D eigenvalue weighted by atomic mass is 10.1. The van der Waals surface area contributed by atoms with Gasteiger partial charge in [-0.05, 0) is 24.8 Å². The van der Waals surface area contributed by atoms with Gasteiger partial charge >= 0.3 is 0 Å². The van der Waals surface area contributed by atoms with Crippen molar-refractivity contribution in [2.45, 2.75) is 43.0 Å². The van der Waals surface area contributed by atoms with Crippen molar-refractivity contribution in [3.8, 4) is 11.4 Å². The van der Waals surface area contributed by atoms with Gasteiger partial charge in [0.25, 0.3) is 0 Å². The van der Waals surface area contributed by atoms with Crippen LogP contribution in [-0.4, -0.2) is 24.9 Å². The molecule has 0 unspecified atom stereocenters. The summed E-state index contributed by atoms with van der Waals surface area (Å²) in [6.45, 7) is 2.14. The minimum absolute atomic E-state index is 0.594. The summed E-state index contributed by atoms with van der Waals surface area (Å²) in [5.41, 5.74) is 2.27. The molecule has 7 heteroatoms. The maximum Gasteiger partial charge on any atom is 0.237 e. The predicted octanol–water partition coefficient (Wildman–Crippen LogP) is 3.60. The Morgan fingerprint density at radius 1 is 1.21 bits per heavy atom. The Labute approximate surface area is 144 Å². The molecule has 0 amide bonds. The Balaban J connectivity index is 1.43. The van der Waals surface area contributed by atoms with Gasteiger partial charge in [0.2, 0.25) is 11.7 Å². The van der Waals surface area contributed by atoms with Crippen LogP contribution in [0.15, 0.2) is 33.9 Å². The summed E-state index contributed by atoms with van der Waals surface area (Å²) in [6, 6.07) is 8.26. The average molecular weight is 341 g/mol. The molecule has 0 radical (unpaired) electrons. The first-order valence-electron chi connectivity index (χ1n) is 8.18. The van der Waals surface area contributed by atoms with Gasteiger partial charge in [-0.3, -0.25) is 0 Å². The van der Waals surface area contributed by atoms with Gasteiger partial charge in [0, 0.05) is 18.5 Å². The van der Waals surface area contributed by atoms with Crippen molar-refractivity contribution in [1.82, 2.24) is 24.9 Å². The van der Waals surface area contributed by atoms with Crippen LogP contribution in [0.4, 0.5) is 0 Å². The molecule has 4 rings (SSSR count). The molecule has 6 nitrogen and oxygen atoms in total. The molecule has 24 heavy (non-hydrogen) atoms. The number of thioether (sulfide) groups is 1. The summed E-state index contributed by atoms with van der Waals surface area (Å²) >= 11 is 1.57. The molecule has 0 atom stereocenters. The molecule has 1 aliphatic carbocycles. The quantitative estimate of drug-likeness (QED) is 0.638. The molecule has 1 aliphatic rings. The summed E-state index contributed by atoms with van der Waals surface area (Å²) in [7, 11) is 2.02. The van der Waals surface area contributed by atoms with E-state index in [0.29, 0.717) is 23.4 Å². The fraction of sp³-hybridized carbons (Fsp3) is 0.412. The first kappa shape index (κ1) is 15.4.